The minimum Gasteiger partial charge on any atom is -0.396 e. The van der Waals surface area contributed by atoms with Gasteiger partial charge in [0.15, 0.2) is 0 Å². The first kappa shape index (κ1) is 8.72. The van der Waals surface area contributed by atoms with E-state index in [4.69, 9.17) is 4.84 Å². The molecule has 0 radical (unpaired) electrons. The molecule has 1 rings (SSSR count). The van der Waals surface area contributed by atoms with E-state index in [0.29, 0.717) is 6.61 Å². The third-order valence-corrected chi connectivity index (χ3v) is 0.981. The van der Waals surface area contributed by atoms with E-state index in [9.17, 15) is 0 Å². The first-order valence-electron chi connectivity index (χ1n) is 2.82. The Bertz CT molecular complexity index is 99.1. The Morgan fingerprint density at radius 1 is 1.67 bits per heavy atom. The van der Waals surface area contributed by atoms with Gasteiger partial charge < -0.3 is 10.2 Å². The third kappa shape index (κ3) is 2.67. The van der Waals surface area contributed by atoms with Gasteiger partial charge in [-0.05, 0) is 6.92 Å². The Balaban J connectivity index is 0.000000640. The third-order valence-electron chi connectivity index (χ3n) is 0.981. The van der Waals surface area contributed by atoms with Gasteiger partial charge in [-0.1, -0.05) is 5.16 Å². The second-order valence-corrected chi connectivity index (χ2v) is 1.68. The van der Waals surface area contributed by atoms with Crippen molar-refractivity contribution >= 4 is 18.1 Å². The molecular formula is C5H11ClN2O. The number of nitrogens with one attached hydrogen (secondary N) is 1. The van der Waals surface area contributed by atoms with Crippen molar-refractivity contribution in [3.63, 3.8) is 0 Å². The van der Waals surface area contributed by atoms with E-state index in [1.807, 2.05) is 6.92 Å². The molecule has 0 saturated carbocycles. The highest BCUT2D eigenvalue weighted by Crippen LogP contribution is 1.86. The van der Waals surface area contributed by atoms with E-state index >= 15 is 0 Å². The molecule has 9 heavy (non-hydrogen) atoms. The first-order valence-corrected chi connectivity index (χ1v) is 2.82. The summed E-state index contributed by atoms with van der Waals surface area (Å²) in [4.78, 5) is 4.79. The highest BCUT2D eigenvalue weighted by atomic mass is 35.5. The van der Waals surface area contributed by atoms with E-state index in [-0.39, 0.29) is 12.4 Å². The van der Waals surface area contributed by atoms with Crippen LogP contribution in [0.5, 0.6) is 0 Å². The summed E-state index contributed by atoms with van der Waals surface area (Å²) in [7, 11) is 0. The number of hydrogen-bond donors (Lipinski definition) is 1. The predicted molar refractivity (Wildman–Crippen MR) is 39.2 cm³/mol. The van der Waals surface area contributed by atoms with Crippen LogP contribution in [0.2, 0.25) is 0 Å². The lowest BCUT2D eigenvalue weighted by Crippen LogP contribution is -2.42. The molecule has 1 fully saturated rings. The maximum atomic E-state index is 4.79. The first-order chi connectivity index (χ1) is 3.93. The molecule has 0 unspecified atom stereocenters. The van der Waals surface area contributed by atoms with Gasteiger partial charge in [0.25, 0.3) is 0 Å². The highest BCUT2D eigenvalue weighted by Gasteiger charge is 2.08. The molecule has 0 aromatic rings. The zero-order valence-electron chi connectivity index (χ0n) is 5.39. The molecule has 1 aliphatic rings. The predicted octanol–water partition coefficient (Wildman–Crippen LogP) is 0.404. The summed E-state index contributed by atoms with van der Waals surface area (Å²) in [6.45, 7) is 4.40. The van der Waals surface area contributed by atoms with Gasteiger partial charge in [-0.15, -0.1) is 12.4 Å². The average Bonchev–Trinajstić information content (AvgIpc) is 1.63. The Kier molecular flexibility index (Phi) is 4.44. The van der Waals surface area contributed by atoms with Crippen LogP contribution < -0.4 is 5.32 Å². The van der Waals surface area contributed by atoms with Crippen molar-refractivity contribution < 1.29 is 4.84 Å². The van der Waals surface area contributed by atoms with Gasteiger partial charge in [0.05, 0.1) is 5.71 Å². The molecule has 0 aromatic carbocycles. The average molecular weight is 151 g/mol. The summed E-state index contributed by atoms with van der Waals surface area (Å²) in [5.74, 6) is 0. The molecule has 1 heterocycles. The molecule has 0 amide bonds. The second kappa shape index (κ2) is 4.58. The maximum Gasteiger partial charge on any atom is 0.114 e. The van der Waals surface area contributed by atoms with E-state index < -0.39 is 0 Å². The number of oxime groups is 1. The largest absolute Gasteiger partial charge is 0.396 e. The van der Waals surface area contributed by atoms with Gasteiger partial charge in [-0.25, -0.2) is 0 Å². The smallest absolute Gasteiger partial charge is 0.114 e. The molecular weight excluding hydrogens is 140 g/mol. The lowest BCUT2D eigenvalue weighted by Gasteiger charge is -2.15. The zero-order chi connectivity index (χ0) is 5.82. The van der Waals surface area contributed by atoms with Crippen molar-refractivity contribution in [3.05, 3.63) is 0 Å². The van der Waals surface area contributed by atoms with Crippen molar-refractivity contribution in [2.24, 2.45) is 5.16 Å². The Hall–Kier alpha value is -0.280. The monoisotopic (exact) mass is 150 g/mol. The zero-order valence-corrected chi connectivity index (χ0v) is 6.20. The van der Waals surface area contributed by atoms with Crippen LogP contribution in [-0.4, -0.2) is 25.4 Å². The van der Waals surface area contributed by atoms with Crippen molar-refractivity contribution in [3.8, 4) is 0 Å². The molecule has 0 atom stereocenters. The van der Waals surface area contributed by atoms with Crippen LogP contribution in [0.15, 0.2) is 5.16 Å². The van der Waals surface area contributed by atoms with Gasteiger partial charge in [0.2, 0.25) is 0 Å². The van der Waals surface area contributed by atoms with Crippen LogP contribution in [0.3, 0.4) is 0 Å². The SMILES string of the molecule is CCON=C1CNC1.Cl. The van der Waals surface area contributed by atoms with Gasteiger partial charge in [0, 0.05) is 13.1 Å². The molecule has 4 heteroatoms. The fraction of sp³-hybridized carbons (Fsp3) is 0.800. The Labute approximate surface area is 60.9 Å². The molecule has 1 N–H and O–H groups in total. The van der Waals surface area contributed by atoms with E-state index in [2.05, 4.69) is 10.5 Å². The normalized spacial score (nSPS) is 15.4. The van der Waals surface area contributed by atoms with Gasteiger partial charge in [-0.3, -0.25) is 0 Å². The molecule has 1 saturated heterocycles. The lowest BCUT2D eigenvalue weighted by molar-refractivity contribution is 0.156. The molecule has 0 aliphatic carbocycles. The van der Waals surface area contributed by atoms with Crippen LogP contribution in [0.4, 0.5) is 0 Å². The van der Waals surface area contributed by atoms with Gasteiger partial charge in [-0.2, -0.15) is 0 Å². The Morgan fingerprint density at radius 3 is 2.67 bits per heavy atom. The fourth-order valence-corrected chi connectivity index (χ4v) is 0.457. The number of rotatable bonds is 2. The second-order valence-electron chi connectivity index (χ2n) is 1.68. The minimum absolute atomic E-state index is 0. The van der Waals surface area contributed by atoms with Crippen LogP contribution >= 0.6 is 12.4 Å². The summed E-state index contributed by atoms with van der Waals surface area (Å²) in [5.41, 5.74) is 1.12. The van der Waals surface area contributed by atoms with Gasteiger partial charge in [0.1, 0.15) is 6.61 Å². The summed E-state index contributed by atoms with van der Waals surface area (Å²) < 4.78 is 0. The fourth-order valence-electron chi connectivity index (χ4n) is 0.457. The van der Waals surface area contributed by atoms with Crippen molar-refractivity contribution in [2.45, 2.75) is 6.92 Å². The number of hydrogen-bond acceptors (Lipinski definition) is 3. The van der Waals surface area contributed by atoms with E-state index in [1.165, 1.54) is 0 Å². The van der Waals surface area contributed by atoms with E-state index in [1.54, 1.807) is 0 Å². The molecule has 54 valence electrons. The summed E-state index contributed by atoms with van der Waals surface area (Å²) >= 11 is 0. The van der Waals surface area contributed by atoms with Crippen molar-refractivity contribution in [1.29, 1.82) is 0 Å². The standard InChI is InChI=1S/C5H10N2O.ClH/c1-2-8-7-5-3-6-4-5;/h6H,2-4H2,1H3;1H. The summed E-state index contributed by atoms with van der Waals surface area (Å²) in [6, 6.07) is 0. The maximum absolute atomic E-state index is 4.79. The highest BCUT2D eigenvalue weighted by molar-refractivity contribution is 5.92. The van der Waals surface area contributed by atoms with Crippen LogP contribution in [-0.2, 0) is 4.84 Å². The van der Waals surface area contributed by atoms with Crippen LogP contribution in [0.1, 0.15) is 6.92 Å². The molecule has 0 spiro atoms. The minimum atomic E-state index is 0. The molecule has 0 aromatic heterocycles. The van der Waals surface area contributed by atoms with Crippen LogP contribution in [0, 0.1) is 0 Å². The number of nitrogens with zero attached hydrogens (tertiary/aromatic N) is 1. The van der Waals surface area contributed by atoms with Crippen LogP contribution in [0.25, 0.3) is 0 Å². The molecule has 0 bridgehead atoms. The molecule has 1 aliphatic heterocycles. The Morgan fingerprint density at radius 2 is 2.33 bits per heavy atom. The molecule has 3 nitrogen and oxygen atoms in total. The van der Waals surface area contributed by atoms with Crippen molar-refractivity contribution in [1.82, 2.24) is 5.32 Å². The number of halogens is 1. The quantitative estimate of drug-likeness (QED) is 0.579. The van der Waals surface area contributed by atoms with Gasteiger partial charge >= 0.3 is 0 Å². The lowest BCUT2D eigenvalue weighted by atomic mass is 10.2. The summed E-state index contributed by atoms with van der Waals surface area (Å²) in [6.07, 6.45) is 0. The van der Waals surface area contributed by atoms with Crippen molar-refractivity contribution in [2.75, 3.05) is 19.7 Å². The topological polar surface area (TPSA) is 33.6 Å². The van der Waals surface area contributed by atoms with E-state index in [0.717, 1.165) is 18.8 Å². The summed E-state index contributed by atoms with van der Waals surface area (Å²) in [5, 5.41) is 6.86.